The average Bonchev–Trinajstić information content (AvgIpc) is 2.72. The molecule has 0 aliphatic rings. The van der Waals surface area contributed by atoms with Crippen LogP contribution in [0.4, 0.5) is 5.69 Å². The summed E-state index contributed by atoms with van der Waals surface area (Å²) in [6.45, 7) is 4.09. The maximum absolute atomic E-state index is 6.21. The molecule has 2 N–H and O–H groups in total. The molecule has 0 aliphatic heterocycles. The van der Waals surface area contributed by atoms with Crippen LogP contribution < -0.4 is 5.73 Å². The fourth-order valence-electron chi connectivity index (χ4n) is 2.44. The summed E-state index contributed by atoms with van der Waals surface area (Å²) < 4.78 is 2.03. The molecule has 0 fully saturated rings. The Hall–Kier alpha value is -2.36. The second-order valence-corrected chi connectivity index (χ2v) is 4.90. The first-order valence-corrected chi connectivity index (χ1v) is 6.21. The lowest BCUT2D eigenvalue weighted by molar-refractivity contribution is 0.956. The molecule has 0 aliphatic carbocycles. The highest BCUT2D eigenvalue weighted by atomic mass is 15.1. The smallest absolute Gasteiger partial charge is 0.143 e. The standard InChI is InChI=1S/C15H16N4/c1-9-6-10(2)14(16)11(7-9)15-18-12-4-5-17-8-13(12)19(15)3/h4-8H,16H2,1-3H3. The lowest BCUT2D eigenvalue weighted by Crippen LogP contribution is -1.99. The number of anilines is 1. The molecule has 4 nitrogen and oxygen atoms in total. The number of nitrogen functional groups attached to an aromatic ring is 1. The van der Waals surface area contributed by atoms with Crippen LogP contribution in [0.3, 0.4) is 0 Å². The number of nitrogens with two attached hydrogens (primary N) is 1. The van der Waals surface area contributed by atoms with Crippen LogP contribution in [-0.2, 0) is 7.05 Å². The minimum atomic E-state index is 0.789. The molecule has 3 rings (SSSR count). The molecule has 96 valence electrons. The van der Waals surface area contributed by atoms with Crippen molar-refractivity contribution in [1.82, 2.24) is 14.5 Å². The zero-order valence-electron chi connectivity index (χ0n) is 11.3. The third-order valence-corrected chi connectivity index (χ3v) is 3.46. The number of rotatable bonds is 1. The number of fused-ring (bicyclic) bond motifs is 1. The topological polar surface area (TPSA) is 56.7 Å². The normalized spacial score (nSPS) is 11.1. The zero-order valence-corrected chi connectivity index (χ0v) is 11.3. The number of aryl methyl sites for hydroxylation is 3. The quantitative estimate of drug-likeness (QED) is 0.677. The Bertz CT molecular complexity index is 771. The SMILES string of the molecule is Cc1cc(C)c(N)c(-c2nc3ccncc3n2C)c1. The fourth-order valence-corrected chi connectivity index (χ4v) is 2.44. The van der Waals surface area contributed by atoms with Crippen LogP contribution in [0.2, 0.25) is 0 Å². The van der Waals surface area contributed by atoms with Gasteiger partial charge < -0.3 is 10.3 Å². The minimum Gasteiger partial charge on any atom is -0.398 e. The van der Waals surface area contributed by atoms with Crippen molar-refractivity contribution < 1.29 is 0 Å². The van der Waals surface area contributed by atoms with Crippen molar-refractivity contribution in [3.63, 3.8) is 0 Å². The summed E-state index contributed by atoms with van der Waals surface area (Å²) in [4.78, 5) is 8.81. The Morgan fingerprint density at radius 3 is 2.74 bits per heavy atom. The Labute approximate surface area is 111 Å². The summed E-state index contributed by atoms with van der Waals surface area (Å²) in [5.74, 6) is 0.882. The summed E-state index contributed by atoms with van der Waals surface area (Å²) in [6, 6.07) is 6.08. The molecule has 0 bridgehead atoms. The highest BCUT2D eigenvalue weighted by Gasteiger charge is 2.13. The van der Waals surface area contributed by atoms with Gasteiger partial charge in [-0.2, -0.15) is 0 Å². The molecule has 0 saturated heterocycles. The van der Waals surface area contributed by atoms with Crippen LogP contribution in [0.25, 0.3) is 22.4 Å². The van der Waals surface area contributed by atoms with E-state index in [0.717, 1.165) is 33.7 Å². The van der Waals surface area contributed by atoms with Crippen molar-refractivity contribution in [1.29, 1.82) is 0 Å². The summed E-state index contributed by atoms with van der Waals surface area (Å²) in [6.07, 6.45) is 3.58. The first-order valence-electron chi connectivity index (χ1n) is 6.21. The summed E-state index contributed by atoms with van der Waals surface area (Å²) in [5.41, 5.74) is 12.2. The van der Waals surface area contributed by atoms with Crippen molar-refractivity contribution in [2.75, 3.05) is 5.73 Å². The van der Waals surface area contributed by atoms with Crippen molar-refractivity contribution >= 4 is 16.7 Å². The Morgan fingerprint density at radius 2 is 2.00 bits per heavy atom. The van der Waals surface area contributed by atoms with Crippen LogP contribution in [0.5, 0.6) is 0 Å². The molecular formula is C15H16N4. The van der Waals surface area contributed by atoms with Crippen molar-refractivity contribution in [3.05, 3.63) is 41.7 Å². The number of nitrogens with zero attached hydrogens (tertiary/aromatic N) is 3. The molecule has 0 radical (unpaired) electrons. The molecular weight excluding hydrogens is 236 g/mol. The first kappa shape index (κ1) is 11.7. The van der Waals surface area contributed by atoms with Crippen LogP contribution >= 0.6 is 0 Å². The van der Waals surface area contributed by atoms with Crippen molar-refractivity contribution in [2.24, 2.45) is 7.05 Å². The van der Waals surface area contributed by atoms with Crippen LogP contribution in [0.15, 0.2) is 30.6 Å². The van der Waals surface area contributed by atoms with E-state index >= 15 is 0 Å². The molecule has 0 amide bonds. The molecule has 0 spiro atoms. The van der Waals surface area contributed by atoms with Crippen molar-refractivity contribution in [2.45, 2.75) is 13.8 Å². The van der Waals surface area contributed by atoms with Gasteiger partial charge in [0.2, 0.25) is 0 Å². The third-order valence-electron chi connectivity index (χ3n) is 3.46. The molecule has 0 unspecified atom stereocenters. The molecule has 1 aromatic carbocycles. The molecule has 2 aromatic heterocycles. The number of benzene rings is 1. The highest BCUT2D eigenvalue weighted by Crippen LogP contribution is 2.30. The molecule has 2 heterocycles. The van der Waals surface area contributed by atoms with Crippen molar-refractivity contribution in [3.8, 4) is 11.4 Å². The molecule has 3 aromatic rings. The summed E-state index contributed by atoms with van der Waals surface area (Å²) in [5, 5.41) is 0. The number of pyridine rings is 1. The largest absolute Gasteiger partial charge is 0.398 e. The molecule has 0 saturated carbocycles. The monoisotopic (exact) mass is 252 g/mol. The fraction of sp³-hybridized carbons (Fsp3) is 0.200. The minimum absolute atomic E-state index is 0.789. The predicted molar refractivity (Wildman–Crippen MR) is 77.8 cm³/mol. The van der Waals surface area contributed by atoms with Gasteiger partial charge >= 0.3 is 0 Å². The summed E-state index contributed by atoms with van der Waals surface area (Å²) >= 11 is 0. The number of hydrogen-bond donors (Lipinski definition) is 1. The molecule has 0 atom stereocenters. The van der Waals surface area contributed by atoms with Gasteiger partial charge in [0.15, 0.2) is 0 Å². The van der Waals surface area contributed by atoms with Gasteiger partial charge in [-0.3, -0.25) is 4.98 Å². The van der Waals surface area contributed by atoms with E-state index in [0.29, 0.717) is 0 Å². The lowest BCUT2D eigenvalue weighted by atomic mass is 10.0. The van der Waals surface area contributed by atoms with Gasteiger partial charge in [-0.15, -0.1) is 0 Å². The van der Waals surface area contributed by atoms with Gasteiger partial charge in [0, 0.05) is 24.5 Å². The Morgan fingerprint density at radius 1 is 1.21 bits per heavy atom. The van der Waals surface area contributed by atoms with E-state index in [1.165, 1.54) is 5.56 Å². The van der Waals surface area contributed by atoms with Crippen LogP contribution in [0.1, 0.15) is 11.1 Å². The van der Waals surface area contributed by atoms with Gasteiger partial charge in [-0.25, -0.2) is 4.98 Å². The maximum Gasteiger partial charge on any atom is 0.143 e. The maximum atomic E-state index is 6.21. The zero-order chi connectivity index (χ0) is 13.6. The van der Waals surface area contributed by atoms with E-state index in [1.54, 1.807) is 6.20 Å². The van der Waals surface area contributed by atoms with Crippen LogP contribution in [0, 0.1) is 13.8 Å². The van der Waals surface area contributed by atoms with E-state index < -0.39 is 0 Å². The van der Waals surface area contributed by atoms with Gasteiger partial charge in [-0.05, 0) is 37.1 Å². The Balaban J connectivity index is 2.33. The molecule has 19 heavy (non-hydrogen) atoms. The first-order chi connectivity index (χ1) is 9.08. The number of aromatic nitrogens is 3. The van der Waals surface area contributed by atoms with Crippen LogP contribution in [-0.4, -0.2) is 14.5 Å². The van der Waals surface area contributed by atoms with E-state index in [9.17, 15) is 0 Å². The second kappa shape index (κ2) is 4.09. The highest BCUT2D eigenvalue weighted by molar-refractivity contribution is 5.84. The summed E-state index contributed by atoms with van der Waals surface area (Å²) in [7, 11) is 1.99. The van der Waals surface area contributed by atoms with E-state index in [-0.39, 0.29) is 0 Å². The van der Waals surface area contributed by atoms with Gasteiger partial charge in [0.05, 0.1) is 17.2 Å². The average molecular weight is 252 g/mol. The van der Waals surface area contributed by atoms with Gasteiger partial charge in [0.25, 0.3) is 0 Å². The number of imidazole rings is 1. The third kappa shape index (κ3) is 1.76. The van der Waals surface area contributed by atoms with Gasteiger partial charge in [0.1, 0.15) is 5.82 Å². The second-order valence-electron chi connectivity index (χ2n) is 4.90. The van der Waals surface area contributed by atoms with Gasteiger partial charge in [-0.1, -0.05) is 6.07 Å². The Kier molecular flexibility index (Phi) is 2.52. The number of hydrogen-bond acceptors (Lipinski definition) is 3. The predicted octanol–water partition coefficient (Wildman–Crippen LogP) is 2.83. The van der Waals surface area contributed by atoms with E-state index in [4.69, 9.17) is 5.73 Å². The lowest BCUT2D eigenvalue weighted by Gasteiger charge is -2.10. The van der Waals surface area contributed by atoms with E-state index in [1.807, 2.05) is 30.8 Å². The molecule has 4 heteroatoms. The van der Waals surface area contributed by atoms with E-state index in [2.05, 4.69) is 29.0 Å².